The third kappa shape index (κ3) is 6.97. The van der Waals surface area contributed by atoms with Gasteiger partial charge in [0.25, 0.3) is 5.56 Å². The topological polar surface area (TPSA) is 113 Å². The van der Waals surface area contributed by atoms with Gasteiger partial charge in [-0.1, -0.05) is 11.9 Å². The average molecular weight is 654 g/mol. The lowest BCUT2D eigenvalue weighted by atomic mass is 10.0. The van der Waals surface area contributed by atoms with Crippen molar-refractivity contribution in [3.8, 4) is 11.1 Å². The van der Waals surface area contributed by atoms with E-state index in [0.717, 1.165) is 94.0 Å². The maximum Gasteiger partial charge on any atom is 0.260 e. The van der Waals surface area contributed by atoms with E-state index in [1.807, 2.05) is 48.2 Å². The number of ether oxygens (including phenoxy) is 1. The molecule has 2 aromatic carbocycles. The lowest BCUT2D eigenvalue weighted by Gasteiger charge is -2.25. The number of aromatic nitrogens is 3. The van der Waals surface area contributed by atoms with E-state index in [9.17, 15) is 9.59 Å². The van der Waals surface area contributed by atoms with Gasteiger partial charge < -0.3 is 25.6 Å². The van der Waals surface area contributed by atoms with Crippen LogP contribution in [0.15, 0.2) is 64.4 Å². The molecule has 3 aliphatic heterocycles. The second kappa shape index (κ2) is 14.0. The van der Waals surface area contributed by atoms with Crippen molar-refractivity contribution in [1.82, 2.24) is 24.8 Å². The molecule has 47 heavy (non-hydrogen) atoms. The minimum atomic E-state index is -0.236. The van der Waals surface area contributed by atoms with Crippen LogP contribution in [0.25, 0.3) is 22.2 Å². The van der Waals surface area contributed by atoms with E-state index in [1.54, 1.807) is 6.20 Å². The number of carbonyl (C=O) groups is 1. The summed E-state index contributed by atoms with van der Waals surface area (Å²) in [6.45, 7) is 6.98. The van der Waals surface area contributed by atoms with Gasteiger partial charge in [0.2, 0.25) is 11.9 Å². The zero-order valence-corrected chi connectivity index (χ0v) is 27.8. The highest BCUT2D eigenvalue weighted by Gasteiger charge is 2.23. The van der Waals surface area contributed by atoms with Crippen molar-refractivity contribution in [1.29, 1.82) is 0 Å². The van der Waals surface area contributed by atoms with Gasteiger partial charge in [-0.15, -0.1) is 0 Å². The van der Waals surface area contributed by atoms with Gasteiger partial charge >= 0.3 is 0 Å². The molecular formula is C36H43N7O3S. The van der Waals surface area contributed by atoms with Crippen LogP contribution in [0.3, 0.4) is 0 Å². The summed E-state index contributed by atoms with van der Waals surface area (Å²) >= 11 is 0. The van der Waals surface area contributed by atoms with E-state index in [4.69, 9.17) is 9.72 Å². The van der Waals surface area contributed by atoms with Crippen LogP contribution in [0.2, 0.25) is 0 Å². The lowest BCUT2D eigenvalue weighted by Crippen LogP contribution is -2.35. The van der Waals surface area contributed by atoms with Crippen LogP contribution in [0.1, 0.15) is 37.7 Å². The van der Waals surface area contributed by atoms with Gasteiger partial charge in [0.05, 0.1) is 0 Å². The number of benzene rings is 2. The first-order valence-electron chi connectivity index (χ1n) is 16.7. The molecule has 3 saturated heterocycles. The Hall–Kier alpha value is -4.06. The lowest BCUT2D eigenvalue weighted by molar-refractivity contribution is -0.130. The third-order valence-electron chi connectivity index (χ3n) is 9.51. The van der Waals surface area contributed by atoms with Crippen molar-refractivity contribution in [3.63, 3.8) is 0 Å². The first-order valence-corrected chi connectivity index (χ1v) is 18.1. The van der Waals surface area contributed by atoms with Crippen LogP contribution in [-0.2, 0) is 16.1 Å². The van der Waals surface area contributed by atoms with Crippen LogP contribution < -0.4 is 21.5 Å². The van der Waals surface area contributed by atoms with Gasteiger partial charge in [0.1, 0.15) is 12.2 Å². The summed E-state index contributed by atoms with van der Waals surface area (Å²) in [7, 11) is -0.155. The van der Waals surface area contributed by atoms with Crippen molar-refractivity contribution in [3.05, 3.63) is 70.6 Å². The fraction of sp³-hybridized carbons (Fsp3) is 0.417. The fourth-order valence-electron chi connectivity index (χ4n) is 6.81. The second-order valence-corrected chi connectivity index (χ2v) is 14.8. The van der Waals surface area contributed by atoms with E-state index in [2.05, 4.69) is 38.9 Å². The highest BCUT2D eigenvalue weighted by molar-refractivity contribution is 8.14. The number of carbonyl (C=O) groups excluding carboxylic acids is 1. The van der Waals surface area contributed by atoms with Crippen molar-refractivity contribution in [2.24, 2.45) is 0 Å². The number of fused-ring (bicyclic) bond motifs is 1. The number of amides is 1. The van der Waals surface area contributed by atoms with Gasteiger partial charge in [-0.25, -0.2) is 4.98 Å². The summed E-state index contributed by atoms with van der Waals surface area (Å²) in [6.07, 6.45) is 6.84. The maximum atomic E-state index is 14.3. The largest absolute Gasteiger partial charge is 0.381 e. The number of hydrogen-bond donors (Lipinski definition) is 3. The van der Waals surface area contributed by atoms with E-state index in [-0.39, 0.29) is 28.5 Å². The van der Waals surface area contributed by atoms with Gasteiger partial charge in [0, 0.05) is 77.6 Å². The van der Waals surface area contributed by atoms with Crippen LogP contribution in [0.5, 0.6) is 0 Å². The fourth-order valence-corrected chi connectivity index (χ4v) is 8.52. The van der Waals surface area contributed by atoms with Crippen molar-refractivity contribution in [2.75, 3.05) is 50.0 Å². The minimum absolute atomic E-state index is 0.0682. The summed E-state index contributed by atoms with van der Waals surface area (Å²) in [6, 6.07) is 16.6. The molecule has 3 fully saturated rings. The predicted octanol–water partition coefficient (Wildman–Crippen LogP) is 5.15. The van der Waals surface area contributed by atoms with Gasteiger partial charge in [-0.3, -0.25) is 14.2 Å². The maximum absolute atomic E-state index is 14.3. The number of pyridine rings is 1. The number of likely N-dealkylation sites (tertiary alicyclic amines) is 1. The van der Waals surface area contributed by atoms with Crippen LogP contribution in [-0.4, -0.2) is 81.9 Å². The van der Waals surface area contributed by atoms with Gasteiger partial charge in [-0.05, 0) is 99.2 Å². The highest BCUT2D eigenvalue weighted by Crippen LogP contribution is 2.37. The first-order chi connectivity index (χ1) is 22.9. The Morgan fingerprint density at radius 2 is 1.81 bits per heavy atom. The molecule has 7 rings (SSSR count). The predicted molar refractivity (Wildman–Crippen MR) is 191 cm³/mol. The average Bonchev–Trinajstić information content (AvgIpc) is 3.83. The molecule has 2 unspecified atom stereocenters. The molecule has 246 valence electrons. The van der Waals surface area contributed by atoms with Crippen molar-refractivity contribution >= 4 is 50.6 Å². The molecule has 5 heterocycles. The molecule has 0 aliphatic carbocycles. The Bertz CT molecular complexity index is 1840. The standard InChI is InChI=1S/C36H43N7O3S/c1-24-19-30(47(2)29-12-17-46-18-13-29)9-10-31(24)32-20-25-21-38-36(40-27-7-5-26(6-8-27)39-28-11-14-37-22-28)41-34(25)43(35(32)45)23-33(44)42-15-3-4-16-42/h5-10,19-21,28-29,37,39H,2-4,11-18,22-23H2,1H3,(H,38,40,41). The summed E-state index contributed by atoms with van der Waals surface area (Å²) in [5, 5.41) is 11.4. The zero-order chi connectivity index (χ0) is 32.3. The summed E-state index contributed by atoms with van der Waals surface area (Å²) < 4.78 is 7.09. The molecule has 0 radical (unpaired) electrons. The van der Waals surface area contributed by atoms with E-state index < -0.39 is 0 Å². The van der Waals surface area contributed by atoms with Gasteiger partial charge in [0.15, 0.2) is 0 Å². The monoisotopic (exact) mass is 653 g/mol. The molecule has 0 spiro atoms. The van der Waals surface area contributed by atoms with E-state index in [1.165, 1.54) is 9.46 Å². The Balaban J connectivity index is 1.20. The normalized spacial score (nSPS) is 19.3. The van der Waals surface area contributed by atoms with Crippen LogP contribution in [0, 0.1) is 6.92 Å². The number of hydrogen-bond acceptors (Lipinski definition) is 8. The summed E-state index contributed by atoms with van der Waals surface area (Å²) in [5.41, 5.74) is 4.48. The first kappa shape index (κ1) is 31.5. The molecule has 0 bridgehead atoms. The number of nitrogens with one attached hydrogen (secondary N) is 3. The van der Waals surface area contributed by atoms with E-state index in [0.29, 0.717) is 33.8 Å². The molecule has 1 amide bonds. The zero-order valence-electron chi connectivity index (χ0n) is 27.0. The minimum Gasteiger partial charge on any atom is -0.381 e. The second-order valence-electron chi connectivity index (χ2n) is 12.8. The molecule has 4 aromatic rings. The number of rotatable bonds is 9. The van der Waals surface area contributed by atoms with Gasteiger partial charge in [-0.2, -0.15) is 15.5 Å². The number of anilines is 3. The van der Waals surface area contributed by atoms with Crippen LogP contribution >= 0.6 is 10.5 Å². The SMILES string of the molecule is C=S(c1ccc(-c2cc3cnc(Nc4ccc(NC5CCNC5)cc4)nc3n(CC(=O)N3CCCC3)c2=O)c(C)c1)C1CCOCC1. The van der Waals surface area contributed by atoms with Crippen LogP contribution in [0.4, 0.5) is 17.3 Å². The molecule has 3 N–H and O–H groups in total. The summed E-state index contributed by atoms with van der Waals surface area (Å²) in [4.78, 5) is 40.1. The number of aryl methyl sites for hydroxylation is 1. The molecule has 10 nitrogen and oxygen atoms in total. The Kier molecular flexibility index (Phi) is 9.37. The van der Waals surface area contributed by atoms with E-state index >= 15 is 0 Å². The van der Waals surface area contributed by atoms with Crippen molar-refractivity contribution < 1.29 is 9.53 Å². The highest BCUT2D eigenvalue weighted by atomic mass is 32.2. The Morgan fingerprint density at radius 1 is 1.04 bits per heavy atom. The Morgan fingerprint density at radius 3 is 2.53 bits per heavy atom. The Labute approximate surface area is 277 Å². The molecule has 11 heteroatoms. The quantitative estimate of drug-likeness (QED) is 0.213. The molecule has 2 aromatic heterocycles. The van der Waals surface area contributed by atoms with Crippen molar-refractivity contribution in [2.45, 2.75) is 61.8 Å². The summed E-state index contributed by atoms with van der Waals surface area (Å²) in [5.74, 6) is 4.81. The smallest absolute Gasteiger partial charge is 0.260 e. The molecular weight excluding hydrogens is 611 g/mol. The molecule has 3 aliphatic rings. The third-order valence-corrected chi connectivity index (χ3v) is 11.6. The molecule has 0 saturated carbocycles. The molecule has 2 atom stereocenters. The number of nitrogens with zero attached hydrogens (tertiary/aromatic N) is 4.